The summed E-state index contributed by atoms with van der Waals surface area (Å²) >= 11 is 11.7. The monoisotopic (exact) mass is 229 g/mol. The molecule has 1 amide bonds. The maximum Gasteiger partial charge on any atom is 0.220 e. The molecule has 1 saturated heterocycles. The van der Waals surface area contributed by atoms with Gasteiger partial charge in [-0.2, -0.15) is 0 Å². The van der Waals surface area contributed by atoms with Crippen molar-refractivity contribution in [3.63, 3.8) is 0 Å². The van der Waals surface area contributed by atoms with Crippen molar-refractivity contribution in [3.05, 3.63) is 33.8 Å². The van der Waals surface area contributed by atoms with Crippen LogP contribution in [0.2, 0.25) is 10.0 Å². The van der Waals surface area contributed by atoms with E-state index < -0.39 is 0 Å². The molecule has 1 aliphatic rings. The van der Waals surface area contributed by atoms with Crippen LogP contribution in [0.1, 0.15) is 24.4 Å². The van der Waals surface area contributed by atoms with E-state index in [-0.39, 0.29) is 11.9 Å². The Morgan fingerprint density at radius 2 is 2.07 bits per heavy atom. The summed E-state index contributed by atoms with van der Waals surface area (Å²) in [6.07, 6.45) is 1.42. The van der Waals surface area contributed by atoms with Crippen molar-refractivity contribution in [1.29, 1.82) is 0 Å². The molecule has 2 nitrogen and oxygen atoms in total. The lowest BCUT2D eigenvalue weighted by Crippen LogP contribution is -2.18. The summed E-state index contributed by atoms with van der Waals surface area (Å²) in [4.78, 5) is 11.0. The van der Waals surface area contributed by atoms with Crippen LogP contribution < -0.4 is 5.32 Å². The first-order chi connectivity index (χ1) is 6.66. The van der Waals surface area contributed by atoms with Crippen LogP contribution in [0.3, 0.4) is 0 Å². The molecule has 0 spiro atoms. The second kappa shape index (κ2) is 3.79. The van der Waals surface area contributed by atoms with Crippen LogP contribution in [-0.2, 0) is 4.79 Å². The van der Waals surface area contributed by atoms with Gasteiger partial charge < -0.3 is 5.32 Å². The molecule has 1 heterocycles. The van der Waals surface area contributed by atoms with Crippen LogP contribution in [0.15, 0.2) is 18.2 Å². The number of amides is 1. The Balaban J connectivity index is 2.24. The molecule has 74 valence electrons. The molecule has 14 heavy (non-hydrogen) atoms. The molecular formula is C10H9Cl2NO. The lowest BCUT2D eigenvalue weighted by Gasteiger charge is -2.10. The fourth-order valence-electron chi connectivity index (χ4n) is 1.59. The molecule has 2 rings (SSSR count). The summed E-state index contributed by atoms with van der Waals surface area (Å²) in [5, 5.41) is 3.95. The van der Waals surface area contributed by atoms with E-state index in [1.54, 1.807) is 12.1 Å². The minimum atomic E-state index is 0.0947. The second-order valence-electron chi connectivity index (χ2n) is 3.33. The molecule has 1 unspecified atom stereocenters. The van der Waals surface area contributed by atoms with Gasteiger partial charge >= 0.3 is 0 Å². The first kappa shape index (κ1) is 9.81. The van der Waals surface area contributed by atoms with Crippen LogP contribution in [0.5, 0.6) is 0 Å². The highest BCUT2D eigenvalue weighted by atomic mass is 35.5. The number of rotatable bonds is 1. The highest BCUT2D eigenvalue weighted by molar-refractivity contribution is 6.42. The molecule has 1 aromatic carbocycles. The number of hydrogen-bond donors (Lipinski definition) is 1. The zero-order valence-electron chi connectivity index (χ0n) is 7.39. The molecule has 1 atom stereocenters. The second-order valence-corrected chi connectivity index (χ2v) is 4.15. The third-order valence-electron chi connectivity index (χ3n) is 2.34. The Hall–Kier alpha value is -0.730. The Morgan fingerprint density at radius 3 is 2.64 bits per heavy atom. The van der Waals surface area contributed by atoms with Crippen molar-refractivity contribution in [2.45, 2.75) is 18.9 Å². The van der Waals surface area contributed by atoms with Crippen molar-refractivity contribution in [2.75, 3.05) is 0 Å². The van der Waals surface area contributed by atoms with Gasteiger partial charge in [0.1, 0.15) is 0 Å². The average molecular weight is 230 g/mol. The first-order valence-electron chi connectivity index (χ1n) is 4.41. The Kier molecular flexibility index (Phi) is 2.66. The number of benzene rings is 1. The normalized spacial score (nSPS) is 21.0. The van der Waals surface area contributed by atoms with Crippen LogP contribution in [-0.4, -0.2) is 5.91 Å². The van der Waals surface area contributed by atoms with Gasteiger partial charge in [0.2, 0.25) is 5.91 Å². The van der Waals surface area contributed by atoms with Gasteiger partial charge in [0.05, 0.1) is 16.1 Å². The van der Waals surface area contributed by atoms with E-state index in [1.165, 1.54) is 0 Å². The lowest BCUT2D eigenvalue weighted by molar-refractivity contribution is -0.119. The molecule has 0 aromatic heterocycles. The predicted octanol–water partition coefficient (Wildman–Crippen LogP) is 2.94. The topological polar surface area (TPSA) is 29.1 Å². The van der Waals surface area contributed by atoms with Crippen LogP contribution in [0.25, 0.3) is 0 Å². The quantitative estimate of drug-likeness (QED) is 0.789. The third kappa shape index (κ3) is 1.86. The molecular weight excluding hydrogens is 221 g/mol. The number of carbonyl (C=O) groups excluding carboxylic acids is 1. The SMILES string of the molecule is O=C1CCC(c2ccc(Cl)c(Cl)c2)N1. The van der Waals surface area contributed by atoms with E-state index >= 15 is 0 Å². The van der Waals surface area contributed by atoms with Crippen molar-refractivity contribution in [3.8, 4) is 0 Å². The van der Waals surface area contributed by atoms with Crippen LogP contribution in [0.4, 0.5) is 0 Å². The minimum Gasteiger partial charge on any atom is -0.349 e. The average Bonchev–Trinajstić information content (AvgIpc) is 2.57. The summed E-state index contributed by atoms with van der Waals surface area (Å²) in [7, 11) is 0. The van der Waals surface area contributed by atoms with Crippen molar-refractivity contribution in [2.24, 2.45) is 0 Å². The number of carbonyl (C=O) groups is 1. The van der Waals surface area contributed by atoms with E-state index in [0.717, 1.165) is 12.0 Å². The summed E-state index contributed by atoms with van der Waals surface area (Å²) in [6.45, 7) is 0. The maximum atomic E-state index is 11.0. The fraction of sp³-hybridized carbons (Fsp3) is 0.300. The first-order valence-corrected chi connectivity index (χ1v) is 5.17. The molecule has 1 fully saturated rings. The van der Waals surface area contributed by atoms with E-state index in [9.17, 15) is 4.79 Å². The Bertz CT molecular complexity index is 378. The molecule has 0 radical (unpaired) electrons. The Labute approximate surface area is 92.2 Å². The zero-order valence-corrected chi connectivity index (χ0v) is 8.90. The predicted molar refractivity (Wildman–Crippen MR) is 56.6 cm³/mol. The highest BCUT2D eigenvalue weighted by Crippen LogP contribution is 2.29. The summed E-state index contributed by atoms with van der Waals surface area (Å²) < 4.78 is 0. The maximum absolute atomic E-state index is 11.0. The third-order valence-corrected chi connectivity index (χ3v) is 3.08. The smallest absolute Gasteiger partial charge is 0.220 e. The molecule has 1 aliphatic heterocycles. The summed E-state index contributed by atoms with van der Waals surface area (Å²) in [6, 6.07) is 5.55. The standard InChI is InChI=1S/C10H9Cl2NO/c11-7-2-1-6(5-8(7)12)9-3-4-10(14)13-9/h1-2,5,9H,3-4H2,(H,13,14). The number of halogens is 2. The summed E-state index contributed by atoms with van der Waals surface area (Å²) in [5.41, 5.74) is 1.02. The van der Waals surface area contributed by atoms with Crippen molar-refractivity contribution in [1.82, 2.24) is 5.32 Å². The minimum absolute atomic E-state index is 0.0947. The molecule has 0 saturated carbocycles. The van der Waals surface area contributed by atoms with E-state index in [0.29, 0.717) is 16.5 Å². The van der Waals surface area contributed by atoms with Gasteiger partial charge in [0.25, 0.3) is 0 Å². The van der Waals surface area contributed by atoms with Gasteiger partial charge in [-0.1, -0.05) is 29.3 Å². The van der Waals surface area contributed by atoms with Gasteiger partial charge in [-0.05, 0) is 24.1 Å². The van der Waals surface area contributed by atoms with Gasteiger partial charge in [0, 0.05) is 6.42 Å². The number of hydrogen-bond acceptors (Lipinski definition) is 1. The molecule has 1 aromatic rings. The fourth-order valence-corrected chi connectivity index (χ4v) is 1.90. The van der Waals surface area contributed by atoms with E-state index in [4.69, 9.17) is 23.2 Å². The van der Waals surface area contributed by atoms with Crippen LogP contribution in [0, 0.1) is 0 Å². The Morgan fingerprint density at radius 1 is 1.29 bits per heavy atom. The van der Waals surface area contributed by atoms with Gasteiger partial charge in [-0.25, -0.2) is 0 Å². The molecule has 0 bridgehead atoms. The lowest BCUT2D eigenvalue weighted by atomic mass is 10.1. The largest absolute Gasteiger partial charge is 0.349 e. The van der Waals surface area contributed by atoms with E-state index in [1.807, 2.05) is 6.07 Å². The molecule has 0 aliphatic carbocycles. The zero-order chi connectivity index (χ0) is 10.1. The van der Waals surface area contributed by atoms with E-state index in [2.05, 4.69) is 5.32 Å². The number of nitrogens with one attached hydrogen (secondary N) is 1. The van der Waals surface area contributed by atoms with Crippen molar-refractivity contribution >= 4 is 29.1 Å². The van der Waals surface area contributed by atoms with Crippen molar-refractivity contribution < 1.29 is 4.79 Å². The van der Waals surface area contributed by atoms with Gasteiger partial charge in [-0.15, -0.1) is 0 Å². The van der Waals surface area contributed by atoms with Gasteiger partial charge in [0.15, 0.2) is 0 Å². The summed E-state index contributed by atoms with van der Waals surface area (Å²) in [5.74, 6) is 0.0982. The van der Waals surface area contributed by atoms with Crippen LogP contribution >= 0.6 is 23.2 Å². The van der Waals surface area contributed by atoms with Gasteiger partial charge in [-0.3, -0.25) is 4.79 Å². The molecule has 4 heteroatoms. The highest BCUT2D eigenvalue weighted by Gasteiger charge is 2.22. The molecule has 1 N–H and O–H groups in total.